The molecule has 0 amide bonds. The van der Waals surface area contributed by atoms with Gasteiger partial charge in [-0.15, -0.1) is 0 Å². The molecule has 9 heteroatoms. The van der Waals surface area contributed by atoms with Crippen molar-refractivity contribution in [2.75, 3.05) is 18.8 Å². The monoisotopic (exact) mass is 410 g/mol. The molecule has 0 spiro atoms. The van der Waals surface area contributed by atoms with E-state index in [0.29, 0.717) is 18.4 Å². The summed E-state index contributed by atoms with van der Waals surface area (Å²) in [5, 5.41) is 5.97. The maximum Gasteiger partial charge on any atom is 0.216 e. The van der Waals surface area contributed by atoms with Crippen molar-refractivity contribution in [3.63, 3.8) is 0 Å². The summed E-state index contributed by atoms with van der Waals surface area (Å²) in [4.78, 5) is 8.28. The number of nitrogens with one attached hydrogen (secondary N) is 2. The first-order valence-electron chi connectivity index (χ1n) is 9.08. The normalized spacial score (nSPS) is 12.8. The first-order valence-corrected chi connectivity index (χ1v) is 10.7. The van der Waals surface area contributed by atoms with E-state index in [1.165, 1.54) is 18.2 Å². The van der Waals surface area contributed by atoms with Gasteiger partial charge in [-0.3, -0.25) is 0 Å². The summed E-state index contributed by atoms with van der Waals surface area (Å²) in [6.45, 7) is 8.89. The molecule has 1 aromatic carbocycles. The van der Waals surface area contributed by atoms with E-state index in [1.807, 2.05) is 27.7 Å². The van der Waals surface area contributed by atoms with Gasteiger partial charge < -0.3 is 15.1 Å². The molecule has 0 aliphatic rings. The molecule has 1 heterocycles. The standard InChI is InChI=1S/C19H27FN4O3S/c1-5-21-18(24-13-17-23-12-16(27-17)19(2,3)4)22-10-11-28(25,26)15-9-7-6-8-14(15)20/h6-9,12H,5,10-11,13H2,1-4H3,(H2,21,22,24). The molecule has 0 aliphatic carbocycles. The predicted octanol–water partition coefficient (Wildman–Crippen LogP) is 2.64. The van der Waals surface area contributed by atoms with Crippen LogP contribution < -0.4 is 10.6 Å². The molecule has 0 saturated carbocycles. The third kappa shape index (κ3) is 6.05. The highest BCUT2D eigenvalue weighted by atomic mass is 32.2. The Morgan fingerprint density at radius 2 is 1.96 bits per heavy atom. The topological polar surface area (TPSA) is 96.6 Å². The van der Waals surface area contributed by atoms with Gasteiger partial charge in [-0.2, -0.15) is 0 Å². The van der Waals surface area contributed by atoms with Gasteiger partial charge in [-0.1, -0.05) is 32.9 Å². The molecular formula is C19H27FN4O3S. The summed E-state index contributed by atoms with van der Waals surface area (Å²) >= 11 is 0. The maximum absolute atomic E-state index is 13.7. The second-order valence-electron chi connectivity index (χ2n) is 7.24. The molecule has 0 saturated heterocycles. The van der Waals surface area contributed by atoms with Crippen LogP contribution in [0, 0.1) is 5.82 Å². The van der Waals surface area contributed by atoms with E-state index in [2.05, 4.69) is 20.6 Å². The molecule has 154 valence electrons. The lowest BCUT2D eigenvalue weighted by atomic mass is 9.94. The summed E-state index contributed by atoms with van der Waals surface area (Å²) < 4.78 is 44.0. The van der Waals surface area contributed by atoms with E-state index < -0.39 is 15.7 Å². The summed E-state index contributed by atoms with van der Waals surface area (Å²) in [5.41, 5.74) is -0.140. The highest BCUT2D eigenvalue weighted by Gasteiger charge is 2.20. The summed E-state index contributed by atoms with van der Waals surface area (Å²) in [7, 11) is -3.73. The van der Waals surface area contributed by atoms with E-state index in [0.717, 1.165) is 11.8 Å². The van der Waals surface area contributed by atoms with Crippen LogP contribution in [0.2, 0.25) is 0 Å². The quantitative estimate of drug-likeness (QED) is 0.538. The minimum absolute atomic E-state index is 0.0846. The number of guanidine groups is 1. The van der Waals surface area contributed by atoms with Gasteiger partial charge >= 0.3 is 0 Å². The number of sulfone groups is 1. The van der Waals surface area contributed by atoms with Crippen LogP contribution >= 0.6 is 0 Å². The molecule has 0 radical (unpaired) electrons. The average Bonchev–Trinajstić information content (AvgIpc) is 3.09. The third-order valence-corrected chi connectivity index (χ3v) is 5.59. The Balaban J connectivity index is 1.98. The zero-order valence-electron chi connectivity index (χ0n) is 16.6. The number of hydrogen-bond donors (Lipinski definition) is 2. The molecule has 28 heavy (non-hydrogen) atoms. The summed E-state index contributed by atoms with van der Waals surface area (Å²) in [5.74, 6) is 0.669. The van der Waals surface area contributed by atoms with Crippen LogP contribution in [0.3, 0.4) is 0 Å². The fourth-order valence-electron chi connectivity index (χ4n) is 2.33. The Kier molecular flexibility index (Phi) is 7.17. The fourth-order valence-corrected chi connectivity index (χ4v) is 3.57. The molecule has 2 aromatic rings. The number of nitrogens with zero attached hydrogens (tertiary/aromatic N) is 2. The molecule has 0 atom stereocenters. The minimum Gasteiger partial charge on any atom is -0.443 e. The van der Waals surface area contributed by atoms with Gasteiger partial charge in [0.2, 0.25) is 5.89 Å². The number of aromatic nitrogens is 1. The molecule has 0 unspecified atom stereocenters. The number of benzene rings is 1. The zero-order chi connectivity index (χ0) is 20.8. The number of halogens is 1. The van der Waals surface area contributed by atoms with Crippen LogP contribution in [0.1, 0.15) is 39.3 Å². The van der Waals surface area contributed by atoms with Crippen molar-refractivity contribution in [3.8, 4) is 0 Å². The van der Waals surface area contributed by atoms with Crippen LogP contribution in [-0.4, -0.2) is 38.2 Å². The van der Waals surface area contributed by atoms with E-state index >= 15 is 0 Å². The number of rotatable bonds is 7. The van der Waals surface area contributed by atoms with Crippen molar-refractivity contribution < 1.29 is 17.2 Å². The van der Waals surface area contributed by atoms with Gasteiger partial charge in [0.1, 0.15) is 23.0 Å². The van der Waals surface area contributed by atoms with Crippen LogP contribution in [0.5, 0.6) is 0 Å². The third-order valence-electron chi connectivity index (χ3n) is 3.84. The van der Waals surface area contributed by atoms with E-state index in [-0.39, 0.29) is 29.2 Å². The van der Waals surface area contributed by atoms with E-state index in [1.54, 1.807) is 6.20 Å². The van der Waals surface area contributed by atoms with Crippen LogP contribution in [0.15, 0.2) is 44.8 Å². The van der Waals surface area contributed by atoms with Crippen molar-refractivity contribution in [3.05, 3.63) is 47.9 Å². The van der Waals surface area contributed by atoms with Crippen molar-refractivity contribution in [1.29, 1.82) is 0 Å². The van der Waals surface area contributed by atoms with Crippen LogP contribution in [0.4, 0.5) is 4.39 Å². The number of oxazole rings is 1. The zero-order valence-corrected chi connectivity index (χ0v) is 17.4. The molecule has 0 aliphatic heterocycles. The van der Waals surface area contributed by atoms with Crippen molar-refractivity contribution in [1.82, 2.24) is 15.6 Å². The lowest BCUT2D eigenvalue weighted by Gasteiger charge is -2.13. The first kappa shape index (κ1) is 21.9. The molecule has 0 bridgehead atoms. The lowest BCUT2D eigenvalue weighted by Crippen LogP contribution is -2.39. The SMILES string of the molecule is CCNC(=NCc1ncc(C(C)(C)C)o1)NCCS(=O)(=O)c1ccccc1F. The van der Waals surface area contributed by atoms with Gasteiger partial charge in [-0.05, 0) is 19.1 Å². The van der Waals surface area contributed by atoms with Crippen molar-refractivity contribution in [2.45, 2.75) is 44.6 Å². The molecule has 7 nitrogen and oxygen atoms in total. The Hall–Kier alpha value is -2.42. The summed E-state index contributed by atoms with van der Waals surface area (Å²) in [6.07, 6.45) is 1.69. The number of hydrogen-bond acceptors (Lipinski definition) is 5. The molecular weight excluding hydrogens is 383 g/mol. The second-order valence-corrected chi connectivity index (χ2v) is 9.32. The highest BCUT2D eigenvalue weighted by Crippen LogP contribution is 2.22. The van der Waals surface area contributed by atoms with Crippen molar-refractivity contribution in [2.24, 2.45) is 4.99 Å². The maximum atomic E-state index is 13.7. The van der Waals surface area contributed by atoms with Crippen LogP contribution in [-0.2, 0) is 21.8 Å². The predicted molar refractivity (Wildman–Crippen MR) is 106 cm³/mol. The Morgan fingerprint density at radius 3 is 2.57 bits per heavy atom. The largest absolute Gasteiger partial charge is 0.443 e. The Labute approximate surface area is 165 Å². The molecule has 1 aromatic heterocycles. The first-order chi connectivity index (χ1) is 13.1. The smallest absolute Gasteiger partial charge is 0.216 e. The Morgan fingerprint density at radius 1 is 1.25 bits per heavy atom. The lowest BCUT2D eigenvalue weighted by molar-refractivity contribution is 0.383. The number of aliphatic imine (C=N–C) groups is 1. The average molecular weight is 411 g/mol. The van der Waals surface area contributed by atoms with Crippen molar-refractivity contribution >= 4 is 15.8 Å². The van der Waals surface area contributed by atoms with Gasteiger partial charge in [0.25, 0.3) is 0 Å². The van der Waals surface area contributed by atoms with E-state index in [9.17, 15) is 12.8 Å². The van der Waals surface area contributed by atoms with Gasteiger partial charge in [0.15, 0.2) is 15.8 Å². The summed E-state index contributed by atoms with van der Waals surface area (Å²) in [6, 6.07) is 5.35. The van der Waals surface area contributed by atoms with Gasteiger partial charge in [-0.25, -0.2) is 22.8 Å². The highest BCUT2D eigenvalue weighted by molar-refractivity contribution is 7.91. The Bertz CT molecular complexity index is 917. The fraction of sp³-hybridized carbons (Fsp3) is 0.474. The molecule has 0 fully saturated rings. The minimum atomic E-state index is -3.73. The van der Waals surface area contributed by atoms with Gasteiger partial charge in [0.05, 0.1) is 11.9 Å². The van der Waals surface area contributed by atoms with Crippen LogP contribution in [0.25, 0.3) is 0 Å². The molecule has 2 N–H and O–H groups in total. The van der Waals surface area contributed by atoms with E-state index in [4.69, 9.17) is 4.42 Å². The second kappa shape index (κ2) is 9.18. The molecule has 2 rings (SSSR count). The van der Waals surface area contributed by atoms with Gasteiger partial charge in [0, 0.05) is 18.5 Å².